The normalized spacial score (nSPS) is 28.3. The molecule has 1 saturated heterocycles. The number of imide groups is 1. The van der Waals surface area contributed by atoms with Gasteiger partial charge in [0.15, 0.2) is 0 Å². The Kier molecular flexibility index (Phi) is 4.22. The molecule has 5 heteroatoms. The number of amides is 2. The monoisotopic (exact) mass is 332 g/mol. The summed E-state index contributed by atoms with van der Waals surface area (Å²) in [7, 11) is 3.82. The summed E-state index contributed by atoms with van der Waals surface area (Å²) in [6.45, 7) is 5.50. The van der Waals surface area contributed by atoms with Gasteiger partial charge in [0.2, 0.25) is 0 Å². The summed E-state index contributed by atoms with van der Waals surface area (Å²) >= 11 is 0. The second kappa shape index (κ2) is 5.94. The van der Waals surface area contributed by atoms with Crippen LogP contribution in [0.25, 0.3) is 0 Å². The van der Waals surface area contributed by atoms with Crippen molar-refractivity contribution in [3.05, 3.63) is 22.9 Å². The molecular formula is C19H28N2O3. The number of rotatable bonds is 1. The summed E-state index contributed by atoms with van der Waals surface area (Å²) in [5, 5.41) is 0. The van der Waals surface area contributed by atoms with Crippen molar-refractivity contribution in [2.45, 2.75) is 64.5 Å². The summed E-state index contributed by atoms with van der Waals surface area (Å²) in [5.74, 6) is -0.0967. The van der Waals surface area contributed by atoms with Gasteiger partial charge in [0.05, 0.1) is 6.04 Å². The Morgan fingerprint density at radius 3 is 2.54 bits per heavy atom. The third kappa shape index (κ3) is 2.96. The summed E-state index contributed by atoms with van der Waals surface area (Å²) in [5.41, 5.74) is 2.91. The van der Waals surface area contributed by atoms with Crippen LogP contribution >= 0.6 is 0 Å². The van der Waals surface area contributed by atoms with Gasteiger partial charge in [0.25, 0.3) is 5.91 Å². The van der Waals surface area contributed by atoms with E-state index < -0.39 is 11.7 Å². The van der Waals surface area contributed by atoms with Crippen molar-refractivity contribution in [3.8, 4) is 0 Å². The van der Waals surface area contributed by atoms with Gasteiger partial charge in [-0.2, -0.15) is 0 Å². The lowest BCUT2D eigenvalue weighted by Crippen LogP contribution is -2.43. The Morgan fingerprint density at radius 2 is 1.92 bits per heavy atom. The Morgan fingerprint density at radius 1 is 1.25 bits per heavy atom. The molecule has 1 fully saturated rings. The fourth-order valence-electron chi connectivity index (χ4n) is 4.18. The molecule has 2 atom stereocenters. The summed E-state index contributed by atoms with van der Waals surface area (Å²) in [6, 6.07) is -0.131. The molecular weight excluding hydrogens is 304 g/mol. The SMILES string of the molecule is CN(C)C=C1C(=O)N(C(=O)OC(C)(C)C)[C@@H]2C3=C(CCCC3)C[C@H]12. The predicted molar refractivity (Wildman–Crippen MR) is 92.2 cm³/mol. The molecule has 2 amide bonds. The van der Waals surface area contributed by atoms with Crippen LogP contribution in [0.5, 0.6) is 0 Å². The number of carbonyl (C=O) groups is 2. The molecule has 0 radical (unpaired) electrons. The molecule has 0 spiro atoms. The van der Waals surface area contributed by atoms with E-state index in [-0.39, 0.29) is 17.9 Å². The summed E-state index contributed by atoms with van der Waals surface area (Å²) < 4.78 is 5.54. The third-order valence-corrected chi connectivity index (χ3v) is 4.96. The topological polar surface area (TPSA) is 49.9 Å². The molecule has 3 aliphatic rings. The minimum atomic E-state index is -0.608. The molecule has 24 heavy (non-hydrogen) atoms. The molecule has 0 saturated carbocycles. The minimum absolute atomic E-state index is 0.0931. The van der Waals surface area contributed by atoms with Gasteiger partial charge in [-0.25, -0.2) is 9.69 Å². The van der Waals surface area contributed by atoms with Crippen LogP contribution in [-0.2, 0) is 9.53 Å². The zero-order valence-corrected chi connectivity index (χ0v) is 15.4. The molecule has 5 nitrogen and oxygen atoms in total. The van der Waals surface area contributed by atoms with Crippen LogP contribution in [0.3, 0.4) is 0 Å². The quantitative estimate of drug-likeness (QED) is 0.545. The first kappa shape index (κ1) is 17.1. The van der Waals surface area contributed by atoms with E-state index in [9.17, 15) is 9.59 Å². The first-order valence-electron chi connectivity index (χ1n) is 8.84. The number of allylic oxidation sites excluding steroid dienone is 1. The smallest absolute Gasteiger partial charge is 0.417 e. The van der Waals surface area contributed by atoms with E-state index >= 15 is 0 Å². The zero-order valence-electron chi connectivity index (χ0n) is 15.4. The van der Waals surface area contributed by atoms with Crippen molar-refractivity contribution in [2.75, 3.05) is 14.1 Å². The molecule has 0 unspecified atom stereocenters. The number of nitrogens with zero attached hydrogens (tertiary/aromatic N) is 2. The van der Waals surface area contributed by atoms with Crippen molar-refractivity contribution in [2.24, 2.45) is 5.92 Å². The van der Waals surface area contributed by atoms with Crippen LogP contribution in [0.4, 0.5) is 4.79 Å². The Labute approximate surface area is 144 Å². The van der Waals surface area contributed by atoms with Gasteiger partial charge >= 0.3 is 6.09 Å². The number of likely N-dealkylation sites (tertiary alicyclic amines) is 1. The van der Waals surface area contributed by atoms with E-state index in [0.717, 1.165) is 31.3 Å². The first-order chi connectivity index (χ1) is 11.2. The van der Waals surface area contributed by atoms with Crippen LogP contribution in [0.15, 0.2) is 22.9 Å². The predicted octanol–water partition coefficient (Wildman–Crippen LogP) is 3.47. The molecule has 0 N–H and O–H groups in total. The van der Waals surface area contributed by atoms with Gasteiger partial charge in [0, 0.05) is 31.8 Å². The van der Waals surface area contributed by atoms with Crippen LogP contribution < -0.4 is 0 Å². The molecule has 3 rings (SSSR count). The fraction of sp³-hybridized carbons (Fsp3) is 0.684. The Hall–Kier alpha value is -1.78. The average Bonchev–Trinajstić information content (AvgIpc) is 2.93. The largest absolute Gasteiger partial charge is 0.443 e. The summed E-state index contributed by atoms with van der Waals surface area (Å²) in [4.78, 5) is 29.0. The maximum atomic E-state index is 13.0. The summed E-state index contributed by atoms with van der Waals surface area (Å²) in [6.07, 6.45) is 6.74. The van der Waals surface area contributed by atoms with Crippen molar-refractivity contribution >= 4 is 12.0 Å². The molecule has 0 aromatic rings. The number of fused-ring (bicyclic) bond motifs is 2. The van der Waals surface area contributed by atoms with Crippen molar-refractivity contribution in [1.29, 1.82) is 0 Å². The highest BCUT2D eigenvalue weighted by Gasteiger charge is 2.53. The second-order valence-electron chi connectivity index (χ2n) is 8.29. The highest BCUT2D eigenvalue weighted by Crippen LogP contribution is 2.50. The second-order valence-corrected chi connectivity index (χ2v) is 8.29. The number of ether oxygens (including phenoxy) is 1. The van der Waals surface area contributed by atoms with Gasteiger partial charge in [0.1, 0.15) is 5.60 Å². The zero-order chi connectivity index (χ0) is 17.6. The van der Waals surface area contributed by atoms with E-state index in [4.69, 9.17) is 4.74 Å². The van der Waals surface area contributed by atoms with Crippen LogP contribution in [0.2, 0.25) is 0 Å². The van der Waals surface area contributed by atoms with E-state index in [1.165, 1.54) is 22.5 Å². The number of hydrogen-bond donors (Lipinski definition) is 0. The maximum Gasteiger partial charge on any atom is 0.417 e. The van der Waals surface area contributed by atoms with Gasteiger partial charge < -0.3 is 9.64 Å². The fourth-order valence-corrected chi connectivity index (χ4v) is 4.18. The molecule has 0 bridgehead atoms. The molecule has 0 aromatic heterocycles. The Bertz CT molecular complexity index is 625. The van der Waals surface area contributed by atoms with Gasteiger partial charge in [-0.3, -0.25) is 4.79 Å². The van der Waals surface area contributed by atoms with Crippen molar-refractivity contribution in [3.63, 3.8) is 0 Å². The van der Waals surface area contributed by atoms with Crippen LogP contribution in [0, 0.1) is 5.92 Å². The average molecular weight is 332 g/mol. The number of carbonyl (C=O) groups excluding carboxylic acids is 2. The van der Waals surface area contributed by atoms with Gasteiger partial charge in [-0.05, 0) is 58.4 Å². The lowest BCUT2D eigenvalue weighted by Gasteiger charge is -2.29. The molecule has 132 valence electrons. The highest BCUT2D eigenvalue weighted by atomic mass is 16.6. The van der Waals surface area contributed by atoms with E-state index in [2.05, 4.69) is 0 Å². The molecule has 1 heterocycles. The Balaban J connectivity index is 1.98. The van der Waals surface area contributed by atoms with Gasteiger partial charge in [-0.15, -0.1) is 0 Å². The van der Waals surface area contributed by atoms with Gasteiger partial charge in [-0.1, -0.05) is 5.57 Å². The lowest BCUT2D eigenvalue weighted by atomic mass is 9.92. The van der Waals surface area contributed by atoms with Crippen LogP contribution in [0.1, 0.15) is 52.9 Å². The first-order valence-corrected chi connectivity index (χ1v) is 8.84. The van der Waals surface area contributed by atoms with E-state index in [1.807, 2.05) is 46.0 Å². The lowest BCUT2D eigenvalue weighted by molar-refractivity contribution is -0.125. The molecule has 0 aromatic carbocycles. The standard InChI is InChI=1S/C19H28N2O3/c1-19(2,3)24-18(23)21-16-13-9-7-6-8-12(13)10-14(16)15(17(21)22)11-20(4)5/h11,14,16H,6-10H2,1-5H3/t14-,16-/m1/s1. The molecule has 2 aliphatic carbocycles. The van der Waals surface area contributed by atoms with E-state index in [0.29, 0.717) is 0 Å². The highest BCUT2D eigenvalue weighted by molar-refractivity contribution is 6.06. The van der Waals surface area contributed by atoms with Crippen molar-refractivity contribution in [1.82, 2.24) is 9.80 Å². The maximum absolute atomic E-state index is 13.0. The molecule has 1 aliphatic heterocycles. The van der Waals surface area contributed by atoms with Crippen molar-refractivity contribution < 1.29 is 14.3 Å². The third-order valence-electron chi connectivity index (χ3n) is 4.96. The van der Waals surface area contributed by atoms with Crippen LogP contribution in [-0.4, -0.2) is 47.5 Å². The van der Waals surface area contributed by atoms with E-state index in [1.54, 1.807) is 0 Å². The minimum Gasteiger partial charge on any atom is -0.443 e. The number of hydrogen-bond acceptors (Lipinski definition) is 4.